The van der Waals surface area contributed by atoms with Crippen molar-refractivity contribution in [3.05, 3.63) is 24.2 Å². The first-order chi connectivity index (χ1) is 11.6. The van der Waals surface area contributed by atoms with Crippen LogP contribution in [0.25, 0.3) is 0 Å². The molecule has 0 aliphatic carbocycles. The largest absolute Gasteiger partial charge is 0.468 e. The van der Waals surface area contributed by atoms with Gasteiger partial charge in [-0.15, -0.1) is 0 Å². The van der Waals surface area contributed by atoms with Crippen molar-refractivity contribution >= 4 is 6.03 Å². The first-order valence-corrected chi connectivity index (χ1v) is 9.19. The van der Waals surface area contributed by atoms with Gasteiger partial charge in [-0.25, -0.2) is 4.79 Å². The fourth-order valence-electron chi connectivity index (χ4n) is 3.74. The maximum atomic E-state index is 12.3. The van der Waals surface area contributed by atoms with Gasteiger partial charge in [0.25, 0.3) is 0 Å². The monoisotopic (exact) mass is 334 g/mol. The maximum Gasteiger partial charge on any atom is 0.315 e. The Hall–Kier alpha value is -1.53. The number of furan rings is 1. The van der Waals surface area contributed by atoms with Gasteiger partial charge in [0, 0.05) is 31.7 Å². The zero-order valence-electron chi connectivity index (χ0n) is 14.8. The summed E-state index contributed by atoms with van der Waals surface area (Å²) in [7, 11) is 0. The van der Waals surface area contributed by atoms with Crippen LogP contribution in [0.15, 0.2) is 22.8 Å². The van der Waals surface area contributed by atoms with Crippen molar-refractivity contribution in [1.29, 1.82) is 0 Å². The summed E-state index contributed by atoms with van der Waals surface area (Å²) in [4.78, 5) is 17.1. The van der Waals surface area contributed by atoms with Gasteiger partial charge in [-0.05, 0) is 58.3 Å². The molecular formula is C18H30N4O2. The van der Waals surface area contributed by atoms with E-state index in [0.717, 1.165) is 38.4 Å². The van der Waals surface area contributed by atoms with Gasteiger partial charge < -0.3 is 15.1 Å². The van der Waals surface area contributed by atoms with E-state index in [1.165, 1.54) is 12.8 Å². The SMILES string of the molecule is CC(C)N1CC[C@H](NC(=O)NC[C@H](c2ccco2)N2CCCC2)C1. The molecule has 6 heteroatoms. The quantitative estimate of drug-likeness (QED) is 0.837. The summed E-state index contributed by atoms with van der Waals surface area (Å²) in [6.45, 7) is 9.13. The Morgan fingerprint density at radius 2 is 2.08 bits per heavy atom. The molecule has 0 saturated carbocycles. The van der Waals surface area contributed by atoms with Gasteiger partial charge in [-0.3, -0.25) is 9.80 Å². The van der Waals surface area contributed by atoms with Crippen molar-refractivity contribution in [3.63, 3.8) is 0 Å². The molecule has 0 aromatic carbocycles. The lowest BCUT2D eigenvalue weighted by Gasteiger charge is -2.26. The summed E-state index contributed by atoms with van der Waals surface area (Å²) in [5, 5.41) is 6.16. The highest BCUT2D eigenvalue weighted by Crippen LogP contribution is 2.24. The van der Waals surface area contributed by atoms with Crippen LogP contribution < -0.4 is 10.6 Å². The lowest BCUT2D eigenvalue weighted by Crippen LogP contribution is -2.46. The van der Waals surface area contributed by atoms with E-state index < -0.39 is 0 Å². The van der Waals surface area contributed by atoms with Crippen LogP contribution in [-0.4, -0.2) is 60.6 Å². The minimum Gasteiger partial charge on any atom is -0.468 e. The van der Waals surface area contributed by atoms with Crippen LogP contribution in [0.3, 0.4) is 0 Å². The number of hydrogen-bond donors (Lipinski definition) is 2. The minimum atomic E-state index is -0.0682. The lowest BCUT2D eigenvalue weighted by atomic mass is 10.2. The summed E-state index contributed by atoms with van der Waals surface area (Å²) < 4.78 is 5.59. The van der Waals surface area contributed by atoms with Crippen molar-refractivity contribution < 1.29 is 9.21 Å². The zero-order valence-corrected chi connectivity index (χ0v) is 14.8. The highest BCUT2D eigenvalue weighted by atomic mass is 16.3. The second kappa shape index (κ2) is 8.03. The Bertz CT molecular complexity index is 511. The molecule has 1 aromatic heterocycles. The van der Waals surface area contributed by atoms with Crippen LogP contribution in [0.1, 0.15) is 44.9 Å². The fraction of sp³-hybridized carbons (Fsp3) is 0.722. The number of rotatable bonds is 6. The van der Waals surface area contributed by atoms with E-state index in [2.05, 4.69) is 34.3 Å². The number of nitrogens with zero attached hydrogens (tertiary/aromatic N) is 2. The summed E-state index contributed by atoms with van der Waals surface area (Å²) in [6, 6.07) is 4.77. The smallest absolute Gasteiger partial charge is 0.315 e. The molecule has 0 unspecified atom stereocenters. The van der Waals surface area contributed by atoms with Gasteiger partial charge in [0.1, 0.15) is 5.76 Å². The summed E-state index contributed by atoms with van der Waals surface area (Å²) in [6.07, 6.45) is 5.17. The first kappa shape index (κ1) is 17.3. The van der Waals surface area contributed by atoms with Crippen LogP contribution in [-0.2, 0) is 0 Å². The van der Waals surface area contributed by atoms with Crippen LogP contribution in [0.2, 0.25) is 0 Å². The first-order valence-electron chi connectivity index (χ1n) is 9.19. The third-order valence-corrected chi connectivity index (χ3v) is 5.19. The Labute approximate surface area is 144 Å². The number of carbonyl (C=O) groups excluding carboxylic acids is 1. The molecule has 2 aliphatic heterocycles. The number of carbonyl (C=O) groups is 1. The molecule has 0 bridgehead atoms. The van der Waals surface area contributed by atoms with E-state index in [1.807, 2.05) is 12.1 Å². The van der Waals surface area contributed by atoms with Gasteiger partial charge >= 0.3 is 6.03 Å². The van der Waals surface area contributed by atoms with Crippen LogP contribution in [0, 0.1) is 0 Å². The highest BCUT2D eigenvalue weighted by molar-refractivity contribution is 5.74. The fourth-order valence-corrected chi connectivity index (χ4v) is 3.74. The van der Waals surface area contributed by atoms with Crippen LogP contribution in [0.5, 0.6) is 0 Å². The van der Waals surface area contributed by atoms with Gasteiger partial charge in [0.15, 0.2) is 0 Å². The normalized spacial score (nSPS) is 23.7. The molecule has 3 heterocycles. The zero-order chi connectivity index (χ0) is 16.9. The summed E-state index contributed by atoms with van der Waals surface area (Å²) >= 11 is 0. The van der Waals surface area contributed by atoms with Crippen LogP contribution in [0.4, 0.5) is 4.79 Å². The van der Waals surface area contributed by atoms with E-state index in [4.69, 9.17) is 4.42 Å². The molecular weight excluding hydrogens is 304 g/mol. The molecule has 2 aliphatic rings. The average Bonchev–Trinajstić information content (AvgIpc) is 3.30. The average molecular weight is 334 g/mol. The Morgan fingerprint density at radius 3 is 2.71 bits per heavy atom. The van der Waals surface area contributed by atoms with Gasteiger partial charge in [-0.1, -0.05) is 0 Å². The van der Waals surface area contributed by atoms with Crippen LogP contribution >= 0.6 is 0 Å². The molecule has 1 aromatic rings. The Balaban J connectivity index is 1.48. The van der Waals surface area contributed by atoms with Gasteiger partial charge in [0.2, 0.25) is 0 Å². The second-order valence-corrected chi connectivity index (χ2v) is 7.20. The second-order valence-electron chi connectivity index (χ2n) is 7.20. The topological polar surface area (TPSA) is 60.8 Å². The number of urea groups is 1. The molecule has 6 nitrogen and oxygen atoms in total. The standard InChI is InChI=1S/C18H30N4O2/c1-14(2)22-10-7-15(13-22)20-18(23)19-12-16(17-6-5-11-24-17)21-8-3-4-9-21/h5-6,11,14-16H,3-4,7-10,12-13H2,1-2H3,(H2,19,20,23)/t15-,16+/m0/s1. The third kappa shape index (κ3) is 4.30. The molecule has 2 N–H and O–H groups in total. The molecule has 0 radical (unpaired) electrons. The molecule has 2 fully saturated rings. The maximum absolute atomic E-state index is 12.3. The molecule has 2 atom stereocenters. The predicted octanol–water partition coefficient (Wildman–Crippen LogP) is 2.20. The molecule has 2 saturated heterocycles. The van der Waals surface area contributed by atoms with E-state index in [0.29, 0.717) is 12.6 Å². The number of hydrogen-bond acceptors (Lipinski definition) is 4. The van der Waals surface area contributed by atoms with Crippen molar-refractivity contribution in [2.45, 2.75) is 51.2 Å². The molecule has 24 heavy (non-hydrogen) atoms. The number of amides is 2. The molecule has 0 spiro atoms. The van der Waals surface area contributed by atoms with E-state index >= 15 is 0 Å². The molecule has 2 amide bonds. The molecule has 3 rings (SSSR count). The predicted molar refractivity (Wildman–Crippen MR) is 93.9 cm³/mol. The van der Waals surface area contributed by atoms with E-state index in [1.54, 1.807) is 6.26 Å². The van der Waals surface area contributed by atoms with Gasteiger partial charge in [-0.2, -0.15) is 0 Å². The third-order valence-electron chi connectivity index (χ3n) is 5.19. The lowest BCUT2D eigenvalue weighted by molar-refractivity contribution is 0.201. The minimum absolute atomic E-state index is 0.0682. The van der Waals surface area contributed by atoms with Crippen molar-refractivity contribution in [3.8, 4) is 0 Å². The summed E-state index contributed by atoms with van der Waals surface area (Å²) in [5.41, 5.74) is 0. The van der Waals surface area contributed by atoms with Crippen molar-refractivity contribution in [2.75, 3.05) is 32.7 Å². The molecule has 134 valence electrons. The highest BCUT2D eigenvalue weighted by Gasteiger charge is 2.28. The van der Waals surface area contributed by atoms with E-state index in [9.17, 15) is 4.79 Å². The number of nitrogens with one attached hydrogen (secondary N) is 2. The Morgan fingerprint density at radius 1 is 1.29 bits per heavy atom. The van der Waals surface area contributed by atoms with Crippen molar-refractivity contribution in [1.82, 2.24) is 20.4 Å². The van der Waals surface area contributed by atoms with Crippen molar-refractivity contribution in [2.24, 2.45) is 0 Å². The Kier molecular flexibility index (Phi) is 5.79. The van der Waals surface area contributed by atoms with Gasteiger partial charge in [0.05, 0.1) is 12.3 Å². The summed E-state index contributed by atoms with van der Waals surface area (Å²) in [5.74, 6) is 0.934. The number of likely N-dealkylation sites (tertiary alicyclic amines) is 2. The van der Waals surface area contributed by atoms with E-state index in [-0.39, 0.29) is 18.1 Å².